The lowest BCUT2D eigenvalue weighted by atomic mass is 9.89. The number of amides is 1. The van der Waals surface area contributed by atoms with Crippen LogP contribution in [0.15, 0.2) is 79.1 Å². The summed E-state index contributed by atoms with van der Waals surface area (Å²) in [6, 6.07) is 19.9. The average molecular weight is 495 g/mol. The van der Waals surface area contributed by atoms with Crippen molar-refractivity contribution in [2.75, 3.05) is 18.0 Å². The van der Waals surface area contributed by atoms with Crippen LogP contribution >= 0.6 is 0 Å². The molecule has 6 nitrogen and oxygen atoms in total. The van der Waals surface area contributed by atoms with Gasteiger partial charge in [0.25, 0.3) is 5.91 Å². The molecule has 0 unspecified atom stereocenters. The Bertz CT molecular complexity index is 1330. The molecular formula is C27H25F3N4O2. The van der Waals surface area contributed by atoms with Crippen molar-refractivity contribution in [3.8, 4) is 5.75 Å². The lowest BCUT2D eigenvalue weighted by Gasteiger charge is -2.34. The predicted molar refractivity (Wildman–Crippen MR) is 130 cm³/mol. The third kappa shape index (κ3) is 5.45. The van der Waals surface area contributed by atoms with Crippen LogP contribution in [0.5, 0.6) is 5.75 Å². The second-order valence-corrected chi connectivity index (χ2v) is 8.80. The maximum Gasteiger partial charge on any atom is 0.573 e. The smallest absolute Gasteiger partial charge is 0.406 e. The molecule has 0 bridgehead atoms. The molecule has 3 heterocycles. The Balaban J connectivity index is 1.13. The van der Waals surface area contributed by atoms with Gasteiger partial charge in [-0.15, -0.1) is 13.2 Å². The largest absolute Gasteiger partial charge is 0.573 e. The molecule has 9 heteroatoms. The quantitative estimate of drug-likeness (QED) is 0.382. The number of aromatic nitrogens is 2. The molecule has 1 aliphatic heterocycles. The summed E-state index contributed by atoms with van der Waals surface area (Å²) in [7, 11) is 0. The van der Waals surface area contributed by atoms with E-state index < -0.39 is 6.36 Å². The highest BCUT2D eigenvalue weighted by Crippen LogP contribution is 2.32. The molecule has 1 N–H and O–H groups in total. The summed E-state index contributed by atoms with van der Waals surface area (Å²) in [5, 5.41) is 2.95. The topological polar surface area (TPSA) is 58.9 Å². The fraction of sp³-hybridized carbons (Fsp3) is 0.259. The molecule has 1 fully saturated rings. The molecule has 1 aliphatic rings. The molecular weight excluding hydrogens is 469 g/mol. The molecule has 0 aliphatic carbocycles. The Kier molecular flexibility index (Phi) is 6.54. The Morgan fingerprint density at radius 2 is 1.72 bits per heavy atom. The number of rotatable bonds is 6. The number of carbonyl (C=O) groups excluding carboxylic acids is 1. The van der Waals surface area contributed by atoms with Gasteiger partial charge < -0.3 is 15.0 Å². The second-order valence-electron chi connectivity index (χ2n) is 8.80. The monoisotopic (exact) mass is 494 g/mol. The number of hydrogen-bond donors (Lipinski definition) is 1. The third-order valence-corrected chi connectivity index (χ3v) is 6.48. The molecule has 4 aromatic rings. The number of alkyl halides is 3. The summed E-state index contributed by atoms with van der Waals surface area (Å²) in [4.78, 5) is 19.2. The molecule has 0 radical (unpaired) electrons. The highest BCUT2D eigenvalue weighted by atomic mass is 19.4. The van der Waals surface area contributed by atoms with Crippen molar-refractivity contribution in [2.45, 2.75) is 31.7 Å². The minimum atomic E-state index is -4.68. The molecule has 186 valence electrons. The zero-order chi connectivity index (χ0) is 25.1. The molecule has 2 aromatic heterocycles. The molecule has 36 heavy (non-hydrogen) atoms. The van der Waals surface area contributed by atoms with Crippen LogP contribution in [0.4, 0.5) is 18.9 Å². The summed E-state index contributed by atoms with van der Waals surface area (Å²) in [5.41, 5.74) is 4.35. The van der Waals surface area contributed by atoms with Gasteiger partial charge in [-0.25, -0.2) is 4.98 Å². The number of benzene rings is 2. The Morgan fingerprint density at radius 3 is 2.42 bits per heavy atom. The first-order valence-corrected chi connectivity index (χ1v) is 11.8. The van der Waals surface area contributed by atoms with Gasteiger partial charge in [-0.2, -0.15) is 0 Å². The van der Waals surface area contributed by atoms with E-state index in [0.29, 0.717) is 18.2 Å². The first kappa shape index (κ1) is 23.7. The number of pyridine rings is 1. The molecule has 1 amide bonds. The Labute approximate surface area is 206 Å². The van der Waals surface area contributed by atoms with Crippen LogP contribution in [0.2, 0.25) is 0 Å². The molecule has 0 atom stereocenters. The number of fused-ring (bicyclic) bond motifs is 1. The van der Waals surface area contributed by atoms with Crippen molar-refractivity contribution >= 4 is 17.2 Å². The van der Waals surface area contributed by atoms with E-state index in [1.54, 1.807) is 22.7 Å². The maximum absolute atomic E-state index is 12.6. The van der Waals surface area contributed by atoms with E-state index in [-0.39, 0.29) is 11.7 Å². The van der Waals surface area contributed by atoms with Crippen LogP contribution in [0.25, 0.3) is 5.65 Å². The molecule has 1 saturated heterocycles. The number of anilines is 1. The standard InChI is InChI=1S/C27H25F3N4O2/c28-27(29,30)36-23-10-6-20(7-11-23)21-12-15-33(16-13-21)22-8-4-19(5-9-22)17-32-26(35)24-18-31-25-3-1-2-14-34(24)25/h1-11,14,18,21H,12-13,15-17H2,(H,32,35). The van der Waals surface area contributed by atoms with Crippen LogP contribution in [-0.4, -0.2) is 34.7 Å². The van der Waals surface area contributed by atoms with Crippen LogP contribution in [0.1, 0.15) is 40.4 Å². The summed E-state index contributed by atoms with van der Waals surface area (Å²) >= 11 is 0. The van der Waals surface area contributed by atoms with Crippen molar-refractivity contribution in [2.24, 2.45) is 0 Å². The van der Waals surface area contributed by atoms with E-state index >= 15 is 0 Å². The zero-order valence-electron chi connectivity index (χ0n) is 19.4. The van der Waals surface area contributed by atoms with Crippen molar-refractivity contribution in [3.05, 3.63) is 95.9 Å². The number of piperidine rings is 1. The van der Waals surface area contributed by atoms with Crippen LogP contribution in [-0.2, 0) is 6.54 Å². The highest BCUT2D eigenvalue weighted by Gasteiger charge is 2.31. The lowest BCUT2D eigenvalue weighted by Crippen LogP contribution is -2.32. The SMILES string of the molecule is O=C(NCc1ccc(N2CCC(c3ccc(OC(F)(F)F)cc3)CC2)cc1)c1cnc2ccccn12. The van der Waals surface area contributed by atoms with E-state index in [2.05, 4.69) is 32.1 Å². The van der Waals surface area contributed by atoms with Crippen molar-refractivity contribution < 1.29 is 22.7 Å². The van der Waals surface area contributed by atoms with E-state index in [9.17, 15) is 18.0 Å². The summed E-state index contributed by atoms with van der Waals surface area (Å²) in [6.45, 7) is 2.13. The second kappa shape index (κ2) is 9.93. The number of carbonyl (C=O) groups is 1. The van der Waals surface area contributed by atoms with Crippen LogP contribution in [0, 0.1) is 0 Å². The van der Waals surface area contributed by atoms with Crippen molar-refractivity contribution in [1.29, 1.82) is 0 Å². The molecule has 2 aromatic carbocycles. The first-order valence-electron chi connectivity index (χ1n) is 11.8. The molecule has 0 saturated carbocycles. The molecule has 5 rings (SSSR count). The minimum absolute atomic E-state index is 0.183. The summed E-state index contributed by atoms with van der Waals surface area (Å²) < 4.78 is 42.8. The van der Waals surface area contributed by atoms with Gasteiger partial charge in [0.1, 0.15) is 17.1 Å². The van der Waals surface area contributed by atoms with Gasteiger partial charge in [0.15, 0.2) is 0 Å². The third-order valence-electron chi connectivity index (χ3n) is 6.48. The van der Waals surface area contributed by atoms with Gasteiger partial charge in [-0.05, 0) is 66.3 Å². The van der Waals surface area contributed by atoms with E-state index in [1.165, 1.54) is 12.1 Å². The average Bonchev–Trinajstić information content (AvgIpc) is 3.32. The number of nitrogens with one attached hydrogen (secondary N) is 1. The van der Waals surface area contributed by atoms with Crippen molar-refractivity contribution in [1.82, 2.24) is 14.7 Å². The lowest BCUT2D eigenvalue weighted by molar-refractivity contribution is -0.274. The first-order chi connectivity index (χ1) is 17.4. The van der Waals surface area contributed by atoms with Gasteiger partial charge in [0.2, 0.25) is 0 Å². The minimum Gasteiger partial charge on any atom is -0.406 e. The fourth-order valence-corrected chi connectivity index (χ4v) is 4.61. The fourth-order valence-electron chi connectivity index (χ4n) is 4.61. The predicted octanol–water partition coefficient (Wildman–Crippen LogP) is 5.55. The number of ether oxygens (including phenoxy) is 1. The van der Waals surface area contributed by atoms with Gasteiger partial charge in [-0.1, -0.05) is 30.3 Å². The number of hydrogen-bond acceptors (Lipinski definition) is 4. The van der Waals surface area contributed by atoms with E-state index in [0.717, 1.165) is 48.4 Å². The van der Waals surface area contributed by atoms with Crippen molar-refractivity contribution in [3.63, 3.8) is 0 Å². The van der Waals surface area contributed by atoms with E-state index in [1.807, 2.05) is 36.5 Å². The number of imidazole rings is 1. The normalized spacial score (nSPS) is 14.7. The Morgan fingerprint density at radius 1 is 1.00 bits per heavy atom. The van der Waals surface area contributed by atoms with Gasteiger partial charge in [0.05, 0.1) is 6.20 Å². The van der Waals surface area contributed by atoms with Crippen LogP contribution in [0.3, 0.4) is 0 Å². The highest BCUT2D eigenvalue weighted by molar-refractivity contribution is 5.93. The Hall–Kier alpha value is -4.01. The maximum atomic E-state index is 12.6. The number of halogens is 3. The van der Waals surface area contributed by atoms with Gasteiger partial charge in [0, 0.05) is 31.5 Å². The number of nitrogens with zero attached hydrogens (tertiary/aromatic N) is 3. The van der Waals surface area contributed by atoms with Crippen LogP contribution < -0.4 is 15.0 Å². The zero-order valence-corrected chi connectivity index (χ0v) is 19.4. The van der Waals surface area contributed by atoms with Gasteiger partial charge >= 0.3 is 6.36 Å². The summed E-state index contributed by atoms with van der Waals surface area (Å²) in [6.07, 6.45) is 0.533. The van der Waals surface area contributed by atoms with E-state index in [4.69, 9.17) is 0 Å². The molecule has 0 spiro atoms. The van der Waals surface area contributed by atoms with Gasteiger partial charge in [-0.3, -0.25) is 9.20 Å². The summed E-state index contributed by atoms with van der Waals surface area (Å²) in [5.74, 6) is -0.0772.